The van der Waals surface area contributed by atoms with Crippen molar-refractivity contribution < 1.29 is 23.8 Å². The van der Waals surface area contributed by atoms with Gasteiger partial charge in [-0.3, -0.25) is 9.59 Å². The zero-order chi connectivity index (χ0) is 35.6. The summed E-state index contributed by atoms with van der Waals surface area (Å²) in [6.45, 7) is 6.64. The van der Waals surface area contributed by atoms with Crippen molar-refractivity contribution >= 4 is 58.5 Å². The highest BCUT2D eigenvalue weighted by molar-refractivity contribution is 6.30. The van der Waals surface area contributed by atoms with Crippen LogP contribution in [0.3, 0.4) is 0 Å². The van der Waals surface area contributed by atoms with E-state index in [0.29, 0.717) is 97.0 Å². The number of piperazine rings is 2. The highest BCUT2D eigenvalue weighted by Gasteiger charge is 2.25. The van der Waals surface area contributed by atoms with Gasteiger partial charge in [-0.2, -0.15) is 9.97 Å². The molecule has 0 spiro atoms. The first-order valence-corrected chi connectivity index (χ1v) is 16.5. The Labute approximate surface area is 299 Å². The molecule has 2 amide bonds. The van der Waals surface area contributed by atoms with Crippen molar-refractivity contribution in [3.05, 3.63) is 71.0 Å². The van der Waals surface area contributed by atoms with Crippen molar-refractivity contribution in [1.82, 2.24) is 29.7 Å². The molecule has 2 aromatic heterocycles. The molecule has 2 aromatic carbocycles. The summed E-state index contributed by atoms with van der Waals surface area (Å²) in [7, 11) is 1.51. The van der Waals surface area contributed by atoms with Crippen LogP contribution >= 0.6 is 23.2 Å². The predicted molar refractivity (Wildman–Crippen MR) is 191 cm³/mol. The first-order chi connectivity index (χ1) is 24.1. The second-order valence-electron chi connectivity index (χ2n) is 11.2. The number of amides is 2. The van der Waals surface area contributed by atoms with Gasteiger partial charge in [0.15, 0.2) is 23.1 Å². The molecule has 4 aromatic rings. The molecule has 6 rings (SSSR count). The number of rotatable bonds is 8. The van der Waals surface area contributed by atoms with Crippen molar-refractivity contribution in [3.63, 3.8) is 0 Å². The molecule has 15 nitrogen and oxygen atoms in total. The smallest absolute Gasteiger partial charge is 0.248 e. The number of benzene rings is 2. The minimum Gasteiger partial charge on any atom is -0.452 e. The number of aromatic nitrogens is 4. The predicted octanol–water partition coefficient (Wildman–Crippen LogP) is 3.97. The zero-order valence-electron chi connectivity index (χ0n) is 27.7. The fourth-order valence-electron chi connectivity index (χ4n) is 5.22. The van der Waals surface area contributed by atoms with Gasteiger partial charge < -0.3 is 45.3 Å². The first-order valence-electron chi connectivity index (χ1n) is 15.7. The minimum absolute atomic E-state index is 0.0213. The lowest BCUT2D eigenvalue weighted by Gasteiger charge is -2.35. The van der Waals surface area contributed by atoms with Crippen LogP contribution in [0.1, 0.15) is 6.92 Å². The molecular weight excluding hydrogens is 687 g/mol. The van der Waals surface area contributed by atoms with Gasteiger partial charge in [0.05, 0.1) is 12.4 Å². The zero-order valence-corrected chi connectivity index (χ0v) is 29.2. The van der Waals surface area contributed by atoms with Crippen molar-refractivity contribution in [2.75, 3.05) is 87.3 Å². The number of halogens is 2. The molecular formula is C33H38Cl2N10O5. The van der Waals surface area contributed by atoms with Crippen LogP contribution in [-0.4, -0.2) is 108 Å². The van der Waals surface area contributed by atoms with Gasteiger partial charge in [-0.1, -0.05) is 23.2 Å². The van der Waals surface area contributed by atoms with E-state index < -0.39 is 0 Å². The molecule has 4 heterocycles. The molecule has 4 N–H and O–H groups in total. The van der Waals surface area contributed by atoms with Crippen molar-refractivity contribution in [2.45, 2.75) is 6.92 Å². The number of hydrogen-bond acceptors (Lipinski definition) is 13. The first kappa shape index (κ1) is 36.2. The average molecular weight is 726 g/mol. The molecule has 0 unspecified atom stereocenters. The maximum absolute atomic E-state index is 11.9. The molecule has 0 saturated carbocycles. The SMILES string of the molecule is CC(=O)N1CCN(c2nc(N)ncc2Oc2ccc(Cl)cc2)CC1.COCC(=O)N1CCN(c2nc(N)ncc2Oc2ccc(Cl)cc2)CC1. The maximum Gasteiger partial charge on any atom is 0.248 e. The van der Waals surface area contributed by atoms with E-state index in [-0.39, 0.29) is 30.3 Å². The molecule has 2 aliphatic heterocycles. The van der Waals surface area contributed by atoms with Crippen LogP contribution in [0.4, 0.5) is 23.5 Å². The summed E-state index contributed by atoms with van der Waals surface area (Å²) >= 11 is 11.8. The van der Waals surface area contributed by atoms with Crippen molar-refractivity contribution in [3.8, 4) is 23.0 Å². The normalized spacial score (nSPS) is 14.5. The van der Waals surface area contributed by atoms with Gasteiger partial charge in [0, 0.05) is 76.4 Å². The van der Waals surface area contributed by atoms with E-state index in [1.807, 2.05) is 9.80 Å². The topological polar surface area (TPSA) is 178 Å². The molecule has 2 aliphatic rings. The molecule has 0 aliphatic carbocycles. The summed E-state index contributed by atoms with van der Waals surface area (Å²) in [5.41, 5.74) is 11.5. The van der Waals surface area contributed by atoms with E-state index in [1.165, 1.54) is 7.11 Å². The number of carbonyl (C=O) groups excluding carboxylic acids is 2. The van der Waals surface area contributed by atoms with E-state index in [0.717, 1.165) is 0 Å². The Morgan fingerprint density at radius 3 is 1.46 bits per heavy atom. The Bertz CT molecular complexity index is 1750. The number of anilines is 4. The van der Waals surface area contributed by atoms with Crippen LogP contribution in [-0.2, 0) is 14.3 Å². The lowest BCUT2D eigenvalue weighted by molar-refractivity contribution is -0.135. The average Bonchev–Trinajstić information content (AvgIpc) is 3.12. The maximum atomic E-state index is 11.9. The highest BCUT2D eigenvalue weighted by atomic mass is 35.5. The van der Waals surface area contributed by atoms with Gasteiger partial charge in [0.25, 0.3) is 0 Å². The van der Waals surface area contributed by atoms with Crippen LogP contribution in [0.25, 0.3) is 0 Å². The fourth-order valence-corrected chi connectivity index (χ4v) is 5.47. The van der Waals surface area contributed by atoms with Gasteiger partial charge >= 0.3 is 0 Å². The van der Waals surface area contributed by atoms with Crippen LogP contribution in [0.15, 0.2) is 60.9 Å². The van der Waals surface area contributed by atoms with E-state index >= 15 is 0 Å². The third-order valence-electron chi connectivity index (χ3n) is 7.82. The molecule has 0 bridgehead atoms. The molecule has 0 radical (unpaired) electrons. The van der Waals surface area contributed by atoms with Crippen molar-refractivity contribution in [1.29, 1.82) is 0 Å². The van der Waals surface area contributed by atoms with Crippen LogP contribution in [0.5, 0.6) is 23.0 Å². The van der Waals surface area contributed by atoms with Gasteiger partial charge in [-0.05, 0) is 48.5 Å². The highest BCUT2D eigenvalue weighted by Crippen LogP contribution is 2.33. The van der Waals surface area contributed by atoms with E-state index in [1.54, 1.807) is 77.6 Å². The molecule has 50 heavy (non-hydrogen) atoms. The number of carbonyl (C=O) groups is 2. The van der Waals surface area contributed by atoms with E-state index in [9.17, 15) is 9.59 Å². The lowest BCUT2D eigenvalue weighted by atomic mass is 10.3. The van der Waals surface area contributed by atoms with Crippen LogP contribution in [0, 0.1) is 0 Å². The van der Waals surface area contributed by atoms with Gasteiger partial charge in [-0.25, -0.2) is 9.97 Å². The summed E-state index contributed by atoms with van der Waals surface area (Å²) in [4.78, 5) is 47.7. The molecule has 2 saturated heterocycles. The Kier molecular flexibility index (Phi) is 12.3. The molecule has 264 valence electrons. The third-order valence-corrected chi connectivity index (χ3v) is 8.32. The van der Waals surface area contributed by atoms with Crippen LogP contribution in [0.2, 0.25) is 10.0 Å². The largest absolute Gasteiger partial charge is 0.452 e. The number of hydrogen-bond donors (Lipinski definition) is 2. The van der Waals surface area contributed by atoms with E-state index in [2.05, 4.69) is 19.9 Å². The number of nitrogens with zero attached hydrogens (tertiary/aromatic N) is 8. The summed E-state index contributed by atoms with van der Waals surface area (Å²) in [6, 6.07) is 14.1. The van der Waals surface area contributed by atoms with Crippen molar-refractivity contribution in [2.24, 2.45) is 0 Å². The van der Waals surface area contributed by atoms with Gasteiger partial charge in [0.1, 0.15) is 18.1 Å². The number of nitrogen functional groups attached to an aromatic ring is 2. The monoisotopic (exact) mass is 724 g/mol. The Balaban J connectivity index is 0.000000195. The fraction of sp³-hybridized carbons (Fsp3) is 0.333. The van der Waals surface area contributed by atoms with E-state index in [4.69, 9.17) is 48.9 Å². The summed E-state index contributed by atoms with van der Waals surface area (Å²) < 4.78 is 16.7. The second-order valence-corrected chi connectivity index (χ2v) is 12.1. The minimum atomic E-state index is -0.0213. The Morgan fingerprint density at radius 2 is 1.08 bits per heavy atom. The molecule has 0 atom stereocenters. The van der Waals surface area contributed by atoms with Crippen LogP contribution < -0.4 is 30.7 Å². The lowest BCUT2D eigenvalue weighted by Crippen LogP contribution is -2.50. The summed E-state index contributed by atoms with van der Waals surface area (Å²) in [5.74, 6) is 3.91. The second kappa shape index (κ2) is 17.0. The van der Waals surface area contributed by atoms with Gasteiger partial charge in [0.2, 0.25) is 23.7 Å². The molecule has 17 heteroatoms. The number of nitrogens with two attached hydrogens (primary N) is 2. The molecule has 2 fully saturated rings. The standard InChI is InChI=1S/C17H20ClN5O3.C16H18ClN5O2/c1-25-11-15(24)22-6-8-23(9-7-22)16-14(10-20-17(19)21-16)26-13-4-2-12(18)3-5-13;1-11(23)21-6-8-22(9-7-21)15-14(10-19-16(18)20-15)24-13-4-2-12(17)3-5-13/h2-5,10H,6-9,11H2,1H3,(H2,19,20,21);2-5,10H,6-9H2,1H3,(H2,18,19,20). The quantitative estimate of drug-likeness (QED) is 0.267. The summed E-state index contributed by atoms with van der Waals surface area (Å²) in [5, 5.41) is 1.26. The van der Waals surface area contributed by atoms with Gasteiger partial charge in [-0.15, -0.1) is 0 Å². The summed E-state index contributed by atoms with van der Waals surface area (Å²) in [6.07, 6.45) is 3.11. The number of methoxy groups -OCH3 is 1. The Hall–Kier alpha value is -5.12. The third kappa shape index (κ3) is 9.74. The number of ether oxygens (including phenoxy) is 3. The Morgan fingerprint density at radius 1 is 0.680 bits per heavy atom.